The van der Waals surface area contributed by atoms with Gasteiger partial charge in [0.15, 0.2) is 0 Å². The number of ether oxygens (including phenoxy) is 1. The maximum absolute atomic E-state index is 12.3. The number of para-hydroxylation sites is 1. The van der Waals surface area contributed by atoms with Crippen molar-refractivity contribution >= 4 is 11.7 Å². The lowest BCUT2D eigenvalue weighted by Gasteiger charge is -2.35. The molecule has 27 heavy (non-hydrogen) atoms. The molecule has 0 radical (unpaired) electrons. The SMILES string of the molecule is COc1ccccc1CNC(=O)CN1CCN(c2ncccc2C#N)CC1. The molecule has 7 heteroatoms. The van der Waals surface area contributed by atoms with Gasteiger partial charge in [0.05, 0.1) is 19.2 Å². The molecular weight excluding hydrogens is 342 g/mol. The van der Waals surface area contributed by atoms with Gasteiger partial charge in [-0.1, -0.05) is 18.2 Å². The Morgan fingerprint density at radius 2 is 2.00 bits per heavy atom. The topological polar surface area (TPSA) is 81.5 Å². The highest BCUT2D eigenvalue weighted by molar-refractivity contribution is 5.78. The second kappa shape index (κ2) is 9.01. The van der Waals surface area contributed by atoms with Crippen LogP contribution in [0.2, 0.25) is 0 Å². The van der Waals surface area contributed by atoms with Gasteiger partial charge in [-0.25, -0.2) is 4.98 Å². The number of carbonyl (C=O) groups excluding carboxylic acids is 1. The lowest BCUT2D eigenvalue weighted by molar-refractivity contribution is -0.122. The quantitative estimate of drug-likeness (QED) is 0.833. The van der Waals surface area contributed by atoms with Gasteiger partial charge in [-0.05, 0) is 18.2 Å². The molecule has 1 fully saturated rings. The van der Waals surface area contributed by atoms with Crippen LogP contribution < -0.4 is 15.0 Å². The van der Waals surface area contributed by atoms with E-state index < -0.39 is 0 Å². The molecule has 3 rings (SSSR count). The molecule has 1 saturated heterocycles. The summed E-state index contributed by atoms with van der Waals surface area (Å²) in [5.74, 6) is 1.49. The minimum atomic E-state index is -0.00935. The number of pyridine rings is 1. The van der Waals surface area contributed by atoms with Crippen molar-refractivity contribution < 1.29 is 9.53 Å². The van der Waals surface area contributed by atoms with Crippen molar-refractivity contribution in [2.24, 2.45) is 0 Å². The average molecular weight is 365 g/mol. The number of hydrogen-bond donors (Lipinski definition) is 1. The van der Waals surface area contributed by atoms with Crippen molar-refractivity contribution in [3.05, 3.63) is 53.7 Å². The number of amides is 1. The summed E-state index contributed by atoms with van der Waals surface area (Å²) in [6, 6.07) is 13.4. The van der Waals surface area contributed by atoms with Gasteiger partial charge in [0.2, 0.25) is 5.91 Å². The van der Waals surface area contributed by atoms with Crippen LogP contribution in [-0.4, -0.2) is 55.6 Å². The molecule has 1 aliphatic heterocycles. The van der Waals surface area contributed by atoms with Gasteiger partial charge in [-0.3, -0.25) is 9.69 Å². The van der Waals surface area contributed by atoms with Gasteiger partial charge >= 0.3 is 0 Å². The van der Waals surface area contributed by atoms with Gasteiger partial charge in [-0.2, -0.15) is 5.26 Å². The van der Waals surface area contributed by atoms with E-state index in [-0.39, 0.29) is 5.91 Å². The van der Waals surface area contributed by atoms with E-state index in [1.54, 1.807) is 25.4 Å². The minimum absolute atomic E-state index is 0.00935. The van der Waals surface area contributed by atoms with Gasteiger partial charge in [-0.15, -0.1) is 0 Å². The molecule has 1 aromatic heterocycles. The first-order chi connectivity index (χ1) is 13.2. The molecule has 0 bridgehead atoms. The molecule has 0 atom stereocenters. The molecular formula is C20H23N5O2. The largest absolute Gasteiger partial charge is 0.496 e. The van der Waals surface area contributed by atoms with E-state index in [2.05, 4.69) is 26.2 Å². The second-order valence-electron chi connectivity index (χ2n) is 6.34. The van der Waals surface area contributed by atoms with Crippen LogP contribution in [0.4, 0.5) is 5.82 Å². The van der Waals surface area contributed by atoms with Crippen molar-refractivity contribution in [1.82, 2.24) is 15.2 Å². The summed E-state index contributed by atoms with van der Waals surface area (Å²) in [6.45, 7) is 3.79. The van der Waals surface area contributed by atoms with Crippen LogP contribution >= 0.6 is 0 Å². The van der Waals surface area contributed by atoms with E-state index in [9.17, 15) is 10.1 Å². The van der Waals surface area contributed by atoms with E-state index >= 15 is 0 Å². The van der Waals surface area contributed by atoms with Crippen LogP contribution in [-0.2, 0) is 11.3 Å². The van der Waals surface area contributed by atoms with E-state index in [1.807, 2.05) is 24.3 Å². The number of aromatic nitrogens is 1. The molecule has 0 spiro atoms. The van der Waals surface area contributed by atoms with Crippen LogP contribution in [0.3, 0.4) is 0 Å². The number of rotatable bonds is 6. The fraction of sp³-hybridized carbons (Fsp3) is 0.350. The van der Waals surface area contributed by atoms with Crippen LogP contribution in [0.1, 0.15) is 11.1 Å². The highest BCUT2D eigenvalue weighted by Crippen LogP contribution is 2.18. The highest BCUT2D eigenvalue weighted by atomic mass is 16.5. The zero-order valence-corrected chi connectivity index (χ0v) is 15.4. The predicted molar refractivity (Wildman–Crippen MR) is 102 cm³/mol. The molecule has 2 aromatic rings. The monoisotopic (exact) mass is 365 g/mol. The normalized spacial score (nSPS) is 14.4. The first kappa shape index (κ1) is 18.7. The Balaban J connectivity index is 1.48. The second-order valence-corrected chi connectivity index (χ2v) is 6.34. The molecule has 2 heterocycles. The summed E-state index contributed by atoms with van der Waals surface area (Å²) in [6.07, 6.45) is 1.70. The molecule has 7 nitrogen and oxygen atoms in total. The number of hydrogen-bond acceptors (Lipinski definition) is 6. The number of carbonyl (C=O) groups is 1. The van der Waals surface area contributed by atoms with E-state index in [0.29, 0.717) is 18.7 Å². The average Bonchev–Trinajstić information content (AvgIpc) is 2.73. The molecule has 0 aliphatic carbocycles. The Bertz CT molecular complexity index is 825. The molecule has 1 aliphatic rings. The summed E-state index contributed by atoms with van der Waals surface area (Å²) in [5, 5.41) is 12.2. The van der Waals surface area contributed by atoms with Crippen LogP contribution in [0.5, 0.6) is 5.75 Å². The Kier molecular flexibility index (Phi) is 6.23. The number of nitriles is 1. The molecule has 1 N–H and O–H groups in total. The van der Waals surface area contributed by atoms with E-state index in [0.717, 1.165) is 43.3 Å². The zero-order chi connectivity index (χ0) is 19.1. The fourth-order valence-corrected chi connectivity index (χ4v) is 3.16. The third-order valence-electron chi connectivity index (χ3n) is 4.61. The van der Waals surface area contributed by atoms with Crippen LogP contribution in [0, 0.1) is 11.3 Å². The number of piperazine rings is 1. The Hall–Kier alpha value is -3.11. The van der Waals surface area contributed by atoms with Crippen molar-refractivity contribution in [2.75, 3.05) is 44.7 Å². The molecule has 140 valence electrons. The maximum atomic E-state index is 12.3. The molecule has 0 unspecified atom stereocenters. The summed E-state index contributed by atoms with van der Waals surface area (Å²) in [7, 11) is 1.62. The van der Waals surface area contributed by atoms with Crippen molar-refractivity contribution in [3.8, 4) is 11.8 Å². The number of methoxy groups -OCH3 is 1. The smallest absolute Gasteiger partial charge is 0.234 e. The summed E-state index contributed by atoms with van der Waals surface area (Å²) in [4.78, 5) is 20.8. The summed E-state index contributed by atoms with van der Waals surface area (Å²) in [5.41, 5.74) is 1.54. The number of nitrogens with zero attached hydrogens (tertiary/aromatic N) is 4. The Morgan fingerprint density at radius 1 is 1.22 bits per heavy atom. The van der Waals surface area contributed by atoms with Crippen molar-refractivity contribution in [2.45, 2.75) is 6.54 Å². The molecule has 1 amide bonds. The summed E-state index contributed by atoms with van der Waals surface area (Å²) >= 11 is 0. The lowest BCUT2D eigenvalue weighted by Crippen LogP contribution is -2.49. The first-order valence-corrected chi connectivity index (χ1v) is 8.92. The van der Waals surface area contributed by atoms with Crippen LogP contribution in [0.25, 0.3) is 0 Å². The first-order valence-electron chi connectivity index (χ1n) is 8.92. The standard InChI is InChI=1S/C20H23N5O2/c1-27-18-7-3-2-5-17(18)14-23-19(26)15-24-9-11-25(12-10-24)20-16(13-21)6-4-8-22-20/h2-8H,9-12,14-15H2,1H3,(H,23,26). The van der Waals surface area contributed by atoms with Gasteiger partial charge in [0.25, 0.3) is 0 Å². The Morgan fingerprint density at radius 3 is 2.74 bits per heavy atom. The maximum Gasteiger partial charge on any atom is 0.234 e. The zero-order valence-electron chi connectivity index (χ0n) is 15.4. The number of anilines is 1. The number of benzene rings is 1. The van der Waals surface area contributed by atoms with E-state index in [1.165, 1.54) is 0 Å². The van der Waals surface area contributed by atoms with Crippen LogP contribution in [0.15, 0.2) is 42.6 Å². The molecule has 0 saturated carbocycles. The fourth-order valence-electron chi connectivity index (χ4n) is 3.16. The highest BCUT2D eigenvalue weighted by Gasteiger charge is 2.21. The van der Waals surface area contributed by atoms with Gasteiger partial charge < -0.3 is 15.0 Å². The minimum Gasteiger partial charge on any atom is -0.496 e. The molecule has 1 aromatic carbocycles. The third-order valence-corrected chi connectivity index (χ3v) is 4.61. The predicted octanol–water partition coefficient (Wildman–Crippen LogP) is 1.40. The third kappa shape index (κ3) is 4.74. The summed E-state index contributed by atoms with van der Waals surface area (Å²) < 4.78 is 5.30. The van der Waals surface area contributed by atoms with Gasteiger partial charge in [0.1, 0.15) is 17.6 Å². The van der Waals surface area contributed by atoms with E-state index in [4.69, 9.17) is 4.74 Å². The van der Waals surface area contributed by atoms with Crippen molar-refractivity contribution in [3.63, 3.8) is 0 Å². The Labute approximate surface area is 159 Å². The van der Waals surface area contributed by atoms with Gasteiger partial charge in [0, 0.05) is 44.5 Å². The lowest BCUT2D eigenvalue weighted by atomic mass is 10.2. The van der Waals surface area contributed by atoms with Crippen molar-refractivity contribution in [1.29, 1.82) is 5.26 Å². The number of nitrogens with one attached hydrogen (secondary N) is 1.